The van der Waals surface area contributed by atoms with Crippen LogP contribution in [0.2, 0.25) is 0 Å². The number of H-pyrrole nitrogens is 1. The van der Waals surface area contributed by atoms with Crippen molar-refractivity contribution in [3.05, 3.63) is 47.5 Å². The molecule has 1 atom stereocenters. The van der Waals surface area contributed by atoms with Gasteiger partial charge in [-0.25, -0.2) is 4.98 Å². The molecule has 0 aliphatic carbocycles. The standard InChI is InChI=1S/C17H22N4O2/c1-2-15-17-14(19-11-20-17)6-7-21(15)9-12-4-3-5-13(8-12)23-10-16(18)22/h3-5,8,11,15H,2,6-7,9-10H2,1H3,(H2,18,22)(H,19,20). The number of rotatable bonds is 6. The number of carbonyl (C=O) groups is 1. The highest BCUT2D eigenvalue weighted by Crippen LogP contribution is 2.31. The maximum atomic E-state index is 10.8. The van der Waals surface area contributed by atoms with Gasteiger partial charge in [0, 0.05) is 25.2 Å². The third-order valence-corrected chi connectivity index (χ3v) is 4.21. The van der Waals surface area contributed by atoms with Gasteiger partial charge in [0.05, 0.1) is 18.1 Å². The molecule has 2 heterocycles. The first-order valence-corrected chi connectivity index (χ1v) is 7.93. The molecule has 3 rings (SSSR count). The molecule has 1 aliphatic heterocycles. The van der Waals surface area contributed by atoms with Crippen LogP contribution in [0.25, 0.3) is 0 Å². The van der Waals surface area contributed by atoms with Gasteiger partial charge in [-0.3, -0.25) is 9.69 Å². The van der Waals surface area contributed by atoms with Gasteiger partial charge in [0.1, 0.15) is 5.75 Å². The number of primary amides is 1. The Morgan fingerprint density at radius 2 is 2.39 bits per heavy atom. The molecule has 0 spiro atoms. The Morgan fingerprint density at radius 1 is 1.52 bits per heavy atom. The van der Waals surface area contributed by atoms with Gasteiger partial charge in [0.2, 0.25) is 0 Å². The molecule has 3 N–H and O–H groups in total. The minimum Gasteiger partial charge on any atom is -0.484 e. The van der Waals surface area contributed by atoms with E-state index in [4.69, 9.17) is 10.5 Å². The van der Waals surface area contributed by atoms with Gasteiger partial charge < -0.3 is 15.5 Å². The van der Waals surface area contributed by atoms with Gasteiger partial charge in [0.15, 0.2) is 6.61 Å². The summed E-state index contributed by atoms with van der Waals surface area (Å²) >= 11 is 0. The van der Waals surface area contributed by atoms with Gasteiger partial charge in [0.25, 0.3) is 5.91 Å². The van der Waals surface area contributed by atoms with E-state index in [0.29, 0.717) is 11.8 Å². The van der Waals surface area contributed by atoms with Crippen molar-refractivity contribution in [3.8, 4) is 5.75 Å². The number of nitrogens with two attached hydrogens (primary N) is 1. The summed E-state index contributed by atoms with van der Waals surface area (Å²) in [6.45, 7) is 3.92. The van der Waals surface area contributed by atoms with Crippen LogP contribution in [-0.4, -0.2) is 33.9 Å². The van der Waals surface area contributed by atoms with E-state index in [1.807, 2.05) is 18.2 Å². The third kappa shape index (κ3) is 3.53. The second-order valence-corrected chi connectivity index (χ2v) is 5.81. The number of fused-ring (bicyclic) bond motifs is 1. The van der Waals surface area contributed by atoms with E-state index in [0.717, 1.165) is 31.5 Å². The van der Waals surface area contributed by atoms with Crippen molar-refractivity contribution in [3.63, 3.8) is 0 Å². The highest BCUT2D eigenvalue weighted by atomic mass is 16.5. The van der Waals surface area contributed by atoms with Crippen molar-refractivity contribution in [2.24, 2.45) is 5.73 Å². The van der Waals surface area contributed by atoms with Crippen LogP contribution in [0, 0.1) is 0 Å². The number of hydrogen-bond acceptors (Lipinski definition) is 4. The Hall–Kier alpha value is -2.34. The lowest BCUT2D eigenvalue weighted by atomic mass is 9.99. The quantitative estimate of drug-likeness (QED) is 0.851. The first kappa shape index (κ1) is 15.6. The molecular formula is C17H22N4O2. The number of nitrogens with one attached hydrogen (secondary N) is 1. The summed E-state index contributed by atoms with van der Waals surface area (Å²) in [5, 5.41) is 0. The van der Waals surface area contributed by atoms with Crippen molar-refractivity contribution < 1.29 is 9.53 Å². The van der Waals surface area contributed by atoms with Crippen molar-refractivity contribution in [1.82, 2.24) is 14.9 Å². The molecule has 0 fully saturated rings. The number of hydrogen-bond donors (Lipinski definition) is 2. The Balaban J connectivity index is 1.72. The molecule has 1 amide bonds. The minimum absolute atomic E-state index is 0.0959. The van der Waals surface area contributed by atoms with E-state index in [1.54, 1.807) is 6.33 Å². The van der Waals surface area contributed by atoms with Crippen LogP contribution in [0.15, 0.2) is 30.6 Å². The van der Waals surface area contributed by atoms with Gasteiger partial charge in [-0.1, -0.05) is 19.1 Å². The van der Waals surface area contributed by atoms with E-state index in [-0.39, 0.29) is 6.61 Å². The molecule has 0 saturated heterocycles. The molecule has 122 valence electrons. The predicted octanol–water partition coefficient (Wildman–Crippen LogP) is 1.78. The van der Waals surface area contributed by atoms with E-state index < -0.39 is 5.91 Å². The lowest BCUT2D eigenvalue weighted by molar-refractivity contribution is -0.119. The number of aromatic nitrogens is 2. The zero-order chi connectivity index (χ0) is 16.2. The van der Waals surface area contributed by atoms with Crippen LogP contribution < -0.4 is 10.5 Å². The van der Waals surface area contributed by atoms with Gasteiger partial charge in [-0.15, -0.1) is 0 Å². The molecule has 6 nitrogen and oxygen atoms in total. The molecule has 0 bridgehead atoms. The summed E-state index contributed by atoms with van der Waals surface area (Å²) in [6, 6.07) is 8.15. The van der Waals surface area contributed by atoms with Crippen LogP contribution in [-0.2, 0) is 17.8 Å². The Kier molecular flexibility index (Phi) is 4.62. The monoisotopic (exact) mass is 314 g/mol. The molecule has 0 radical (unpaired) electrons. The number of imidazole rings is 1. The second kappa shape index (κ2) is 6.83. The molecule has 1 aromatic heterocycles. The summed E-state index contributed by atoms with van der Waals surface area (Å²) in [4.78, 5) is 21.0. The largest absolute Gasteiger partial charge is 0.484 e. The van der Waals surface area contributed by atoms with Crippen LogP contribution in [0.1, 0.15) is 36.3 Å². The third-order valence-electron chi connectivity index (χ3n) is 4.21. The summed E-state index contributed by atoms with van der Waals surface area (Å²) in [7, 11) is 0. The maximum Gasteiger partial charge on any atom is 0.255 e. The zero-order valence-electron chi connectivity index (χ0n) is 13.3. The van der Waals surface area contributed by atoms with Crippen molar-refractivity contribution in [1.29, 1.82) is 0 Å². The summed E-state index contributed by atoms with van der Waals surface area (Å²) in [6.07, 6.45) is 3.80. The Bertz CT molecular complexity index is 683. The summed E-state index contributed by atoms with van der Waals surface area (Å²) in [5.41, 5.74) is 8.70. The van der Waals surface area contributed by atoms with E-state index in [1.165, 1.54) is 11.4 Å². The topological polar surface area (TPSA) is 84.2 Å². The second-order valence-electron chi connectivity index (χ2n) is 5.81. The fraction of sp³-hybridized carbons (Fsp3) is 0.412. The lowest BCUT2D eigenvalue weighted by Gasteiger charge is -2.34. The normalized spacial score (nSPS) is 17.7. The number of amides is 1. The number of ether oxygens (including phenoxy) is 1. The zero-order valence-corrected chi connectivity index (χ0v) is 13.3. The fourth-order valence-electron chi connectivity index (χ4n) is 3.17. The molecule has 6 heteroatoms. The number of carbonyl (C=O) groups excluding carboxylic acids is 1. The maximum absolute atomic E-state index is 10.8. The van der Waals surface area contributed by atoms with E-state index >= 15 is 0 Å². The molecule has 2 aromatic rings. The summed E-state index contributed by atoms with van der Waals surface area (Å²) in [5.74, 6) is 0.204. The van der Waals surface area contributed by atoms with E-state index in [9.17, 15) is 4.79 Å². The van der Waals surface area contributed by atoms with Crippen molar-refractivity contribution in [2.75, 3.05) is 13.2 Å². The minimum atomic E-state index is -0.469. The average Bonchev–Trinajstić information content (AvgIpc) is 3.02. The van der Waals surface area contributed by atoms with Crippen LogP contribution in [0.4, 0.5) is 0 Å². The smallest absolute Gasteiger partial charge is 0.255 e. The van der Waals surface area contributed by atoms with Gasteiger partial charge in [-0.05, 0) is 24.1 Å². The molecule has 23 heavy (non-hydrogen) atoms. The van der Waals surface area contributed by atoms with Gasteiger partial charge in [-0.2, -0.15) is 0 Å². The Labute approximate surface area is 135 Å². The Morgan fingerprint density at radius 3 is 3.17 bits per heavy atom. The molecule has 1 unspecified atom stereocenters. The number of benzene rings is 1. The van der Waals surface area contributed by atoms with Crippen molar-refractivity contribution in [2.45, 2.75) is 32.4 Å². The molecular weight excluding hydrogens is 292 g/mol. The van der Waals surface area contributed by atoms with Crippen molar-refractivity contribution >= 4 is 5.91 Å². The first-order chi connectivity index (χ1) is 11.2. The molecule has 0 saturated carbocycles. The average molecular weight is 314 g/mol. The van der Waals surface area contributed by atoms with Crippen LogP contribution in [0.5, 0.6) is 5.75 Å². The highest BCUT2D eigenvalue weighted by molar-refractivity contribution is 5.75. The first-order valence-electron chi connectivity index (χ1n) is 7.93. The lowest BCUT2D eigenvalue weighted by Crippen LogP contribution is -2.34. The SMILES string of the molecule is CCC1c2nc[nH]c2CCN1Cc1cccc(OCC(N)=O)c1. The molecule has 1 aliphatic rings. The van der Waals surface area contributed by atoms with E-state index in [2.05, 4.69) is 27.9 Å². The highest BCUT2D eigenvalue weighted by Gasteiger charge is 2.28. The summed E-state index contributed by atoms with van der Waals surface area (Å²) < 4.78 is 5.38. The number of aromatic amines is 1. The fourth-order valence-corrected chi connectivity index (χ4v) is 3.17. The predicted molar refractivity (Wildman–Crippen MR) is 86.9 cm³/mol. The van der Waals surface area contributed by atoms with Gasteiger partial charge >= 0.3 is 0 Å². The van der Waals surface area contributed by atoms with Crippen LogP contribution in [0.3, 0.4) is 0 Å². The molecule has 1 aromatic carbocycles. The van der Waals surface area contributed by atoms with Crippen LogP contribution >= 0.6 is 0 Å². The number of nitrogens with zero attached hydrogens (tertiary/aromatic N) is 2.